The highest BCUT2D eigenvalue weighted by Crippen LogP contribution is 2.34. The Morgan fingerprint density at radius 2 is 1.50 bits per heavy atom. The SMILES string of the molecule is CC(=O)N1CCN(C(=O)C2CC(N)C(C)CC2C)CC1. The molecule has 0 spiro atoms. The van der Waals surface area contributed by atoms with Crippen molar-refractivity contribution in [2.45, 2.75) is 39.7 Å². The van der Waals surface area contributed by atoms with Crippen LogP contribution in [0.4, 0.5) is 0 Å². The molecule has 2 N–H and O–H groups in total. The minimum atomic E-state index is 0.0603. The maximum absolute atomic E-state index is 12.7. The summed E-state index contributed by atoms with van der Waals surface area (Å²) in [5.41, 5.74) is 6.14. The summed E-state index contributed by atoms with van der Waals surface area (Å²) in [6, 6.07) is 0.138. The predicted octanol–water partition coefficient (Wildman–Crippen LogP) is 0.687. The molecule has 0 aromatic rings. The van der Waals surface area contributed by atoms with E-state index in [0.29, 0.717) is 38.0 Å². The minimum absolute atomic E-state index is 0.0603. The smallest absolute Gasteiger partial charge is 0.226 e. The van der Waals surface area contributed by atoms with Gasteiger partial charge in [-0.2, -0.15) is 0 Å². The Kier molecular flexibility index (Phi) is 4.68. The third-order valence-corrected chi connectivity index (χ3v) is 5.04. The van der Waals surface area contributed by atoms with E-state index in [2.05, 4.69) is 13.8 Å². The zero-order chi connectivity index (χ0) is 14.9. The maximum Gasteiger partial charge on any atom is 0.226 e. The van der Waals surface area contributed by atoms with Gasteiger partial charge in [0.05, 0.1) is 0 Å². The third kappa shape index (κ3) is 3.14. The average Bonchev–Trinajstić information content (AvgIpc) is 2.42. The van der Waals surface area contributed by atoms with E-state index >= 15 is 0 Å². The number of nitrogens with two attached hydrogens (primary N) is 1. The second-order valence-electron chi connectivity index (χ2n) is 6.53. The first-order valence-corrected chi connectivity index (χ1v) is 7.70. The average molecular weight is 281 g/mol. The molecule has 2 rings (SSSR count). The van der Waals surface area contributed by atoms with E-state index in [1.54, 1.807) is 6.92 Å². The monoisotopic (exact) mass is 281 g/mol. The van der Waals surface area contributed by atoms with Crippen molar-refractivity contribution in [3.8, 4) is 0 Å². The summed E-state index contributed by atoms with van der Waals surface area (Å²) in [5, 5.41) is 0. The van der Waals surface area contributed by atoms with Gasteiger partial charge in [-0.25, -0.2) is 0 Å². The van der Waals surface area contributed by atoms with Crippen LogP contribution in [0.5, 0.6) is 0 Å². The van der Waals surface area contributed by atoms with Gasteiger partial charge in [-0.1, -0.05) is 13.8 Å². The molecule has 20 heavy (non-hydrogen) atoms. The van der Waals surface area contributed by atoms with Crippen molar-refractivity contribution in [1.29, 1.82) is 0 Å². The van der Waals surface area contributed by atoms with Crippen LogP contribution in [0.1, 0.15) is 33.6 Å². The Balaban J connectivity index is 1.93. The fourth-order valence-electron chi connectivity index (χ4n) is 3.50. The van der Waals surface area contributed by atoms with Crippen molar-refractivity contribution in [2.75, 3.05) is 26.2 Å². The second-order valence-corrected chi connectivity index (χ2v) is 6.53. The summed E-state index contributed by atoms with van der Waals surface area (Å²) in [4.78, 5) is 27.7. The molecule has 1 saturated carbocycles. The molecule has 1 aliphatic carbocycles. The van der Waals surface area contributed by atoms with E-state index in [1.807, 2.05) is 9.80 Å². The molecule has 1 saturated heterocycles. The molecule has 0 aromatic heterocycles. The molecule has 2 fully saturated rings. The van der Waals surface area contributed by atoms with Gasteiger partial charge in [-0.15, -0.1) is 0 Å². The Bertz CT molecular complexity index is 377. The van der Waals surface area contributed by atoms with Crippen LogP contribution in [0.3, 0.4) is 0 Å². The number of carbonyl (C=O) groups is 2. The molecule has 0 bridgehead atoms. The van der Waals surface area contributed by atoms with Crippen LogP contribution >= 0.6 is 0 Å². The predicted molar refractivity (Wildman–Crippen MR) is 77.9 cm³/mol. The van der Waals surface area contributed by atoms with E-state index in [1.165, 1.54) is 0 Å². The summed E-state index contributed by atoms with van der Waals surface area (Å²) in [6.07, 6.45) is 1.83. The molecule has 5 heteroatoms. The van der Waals surface area contributed by atoms with Crippen LogP contribution in [0.25, 0.3) is 0 Å². The first kappa shape index (κ1) is 15.3. The first-order chi connectivity index (χ1) is 9.40. The zero-order valence-corrected chi connectivity index (χ0v) is 12.8. The molecule has 1 aliphatic heterocycles. The van der Waals surface area contributed by atoms with Gasteiger partial charge in [0.15, 0.2) is 0 Å². The van der Waals surface area contributed by atoms with Crippen LogP contribution in [-0.4, -0.2) is 53.8 Å². The molecule has 114 valence electrons. The third-order valence-electron chi connectivity index (χ3n) is 5.04. The molecular formula is C15H27N3O2. The molecule has 5 nitrogen and oxygen atoms in total. The lowest BCUT2D eigenvalue weighted by Crippen LogP contribution is -2.53. The van der Waals surface area contributed by atoms with Crippen molar-refractivity contribution in [3.05, 3.63) is 0 Å². The fourth-order valence-corrected chi connectivity index (χ4v) is 3.50. The van der Waals surface area contributed by atoms with Gasteiger partial charge in [0, 0.05) is 45.1 Å². The number of rotatable bonds is 1. The Hall–Kier alpha value is -1.10. The number of amides is 2. The van der Waals surface area contributed by atoms with Crippen molar-refractivity contribution < 1.29 is 9.59 Å². The number of carbonyl (C=O) groups excluding carboxylic acids is 2. The molecule has 4 unspecified atom stereocenters. The van der Waals surface area contributed by atoms with E-state index in [9.17, 15) is 9.59 Å². The van der Waals surface area contributed by atoms with Crippen molar-refractivity contribution in [3.63, 3.8) is 0 Å². The quantitative estimate of drug-likeness (QED) is 0.769. The van der Waals surface area contributed by atoms with Gasteiger partial charge in [0.1, 0.15) is 0 Å². The normalized spacial score (nSPS) is 35.0. The van der Waals surface area contributed by atoms with E-state index in [-0.39, 0.29) is 23.8 Å². The highest BCUT2D eigenvalue weighted by Gasteiger charge is 2.37. The molecule has 0 radical (unpaired) electrons. The van der Waals surface area contributed by atoms with Gasteiger partial charge < -0.3 is 15.5 Å². The Morgan fingerprint density at radius 1 is 0.950 bits per heavy atom. The lowest BCUT2D eigenvalue weighted by atomic mass is 9.72. The summed E-state index contributed by atoms with van der Waals surface area (Å²) in [6.45, 7) is 8.56. The highest BCUT2D eigenvalue weighted by atomic mass is 16.2. The summed E-state index contributed by atoms with van der Waals surface area (Å²) in [7, 11) is 0. The van der Waals surface area contributed by atoms with Crippen molar-refractivity contribution in [1.82, 2.24) is 9.80 Å². The molecule has 0 aromatic carbocycles. The van der Waals surface area contributed by atoms with Crippen molar-refractivity contribution in [2.24, 2.45) is 23.5 Å². The molecule has 4 atom stereocenters. The topological polar surface area (TPSA) is 66.6 Å². The number of piperazine rings is 1. The van der Waals surface area contributed by atoms with Crippen molar-refractivity contribution >= 4 is 11.8 Å². The summed E-state index contributed by atoms with van der Waals surface area (Å²) >= 11 is 0. The van der Waals surface area contributed by atoms with Gasteiger partial charge in [-0.05, 0) is 24.7 Å². The molecule has 2 aliphatic rings. The van der Waals surface area contributed by atoms with Crippen LogP contribution in [0.2, 0.25) is 0 Å². The number of hydrogen-bond acceptors (Lipinski definition) is 3. The zero-order valence-electron chi connectivity index (χ0n) is 12.8. The van der Waals surface area contributed by atoms with E-state index in [4.69, 9.17) is 5.73 Å². The summed E-state index contributed by atoms with van der Waals surface area (Å²) in [5.74, 6) is 1.30. The summed E-state index contributed by atoms with van der Waals surface area (Å²) < 4.78 is 0. The lowest BCUT2D eigenvalue weighted by molar-refractivity contribution is -0.144. The maximum atomic E-state index is 12.7. The van der Waals surface area contributed by atoms with Gasteiger partial charge in [-0.3, -0.25) is 9.59 Å². The molecule has 2 amide bonds. The standard InChI is InChI=1S/C15H27N3O2/c1-10-8-11(2)14(16)9-13(10)15(20)18-6-4-17(5-7-18)12(3)19/h10-11,13-14H,4-9,16H2,1-3H3. The highest BCUT2D eigenvalue weighted by molar-refractivity contribution is 5.80. The van der Waals surface area contributed by atoms with Gasteiger partial charge in [0.2, 0.25) is 11.8 Å². The lowest BCUT2D eigenvalue weighted by Gasteiger charge is -2.41. The van der Waals surface area contributed by atoms with Crippen LogP contribution in [-0.2, 0) is 9.59 Å². The first-order valence-electron chi connectivity index (χ1n) is 7.70. The van der Waals surface area contributed by atoms with Gasteiger partial charge in [0.25, 0.3) is 0 Å². The fraction of sp³-hybridized carbons (Fsp3) is 0.867. The Morgan fingerprint density at radius 3 is 2.05 bits per heavy atom. The van der Waals surface area contributed by atoms with Crippen LogP contribution in [0, 0.1) is 17.8 Å². The van der Waals surface area contributed by atoms with E-state index in [0.717, 1.165) is 12.8 Å². The molecular weight excluding hydrogens is 254 g/mol. The van der Waals surface area contributed by atoms with Crippen LogP contribution < -0.4 is 5.73 Å². The number of hydrogen-bond donors (Lipinski definition) is 1. The largest absolute Gasteiger partial charge is 0.339 e. The van der Waals surface area contributed by atoms with E-state index < -0.39 is 0 Å². The minimum Gasteiger partial charge on any atom is -0.339 e. The molecule has 1 heterocycles. The van der Waals surface area contributed by atoms with Crippen LogP contribution in [0.15, 0.2) is 0 Å². The Labute approximate surface area is 121 Å². The van der Waals surface area contributed by atoms with Gasteiger partial charge >= 0.3 is 0 Å². The number of nitrogens with zero attached hydrogens (tertiary/aromatic N) is 2. The second kappa shape index (κ2) is 6.12.